The van der Waals surface area contributed by atoms with Crippen LogP contribution in [0.1, 0.15) is 10.4 Å². The fourth-order valence-corrected chi connectivity index (χ4v) is 1.27. The van der Waals surface area contributed by atoms with E-state index in [0.29, 0.717) is 12.1 Å². The van der Waals surface area contributed by atoms with Crippen LogP contribution in [0.5, 0.6) is 0 Å². The van der Waals surface area contributed by atoms with Gasteiger partial charge in [0, 0.05) is 6.07 Å². The summed E-state index contributed by atoms with van der Waals surface area (Å²) in [5.74, 6) is -2.42. The van der Waals surface area contributed by atoms with Crippen molar-refractivity contribution >= 4 is 17.6 Å². The van der Waals surface area contributed by atoms with Crippen molar-refractivity contribution in [1.29, 1.82) is 0 Å². The first kappa shape index (κ1) is 14.6. The maximum Gasteiger partial charge on any atom is 0.337 e. The van der Waals surface area contributed by atoms with Crippen LogP contribution >= 0.6 is 0 Å². The van der Waals surface area contributed by atoms with Crippen LogP contribution in [0.25, 0.3) is 0 Å². The highest BCUT2D eigenvalue weighted by Gasteiger charge is 2.16. The average molecular weight is 268 g/mol. The number of nitrogens with one attached hydrogen (secondary N) is 2. The summed E-state index contributed by atoms with van der Waals surface area (Å²) in [5, 5.41) is 13.6. The first-order valence-corrected chi connectivity index (χ1v) is 5.12. The molecule has 0 aromatic heterocycles. The molecule has 0 heterocycles. The van der Waals surface area contributed by atoms with Crippen molar-refractivity contribution in [3.8, 4) is 12.3 Å². The van der Waals surface area contributed by atoms with Crippen LogP contribution < -0.4 is 10.6 Å². The Morgan fingerprint density at radius 3 is 2.53 bits per heavy atom. The molecule has 0 aliphatic heterocycles. The van der Waals surface area contributed by atoms with Crippen LogP contribution in [0.2, 0.25) is 0 Å². The predicted octanol–water partition coefficient (Wildman–Crippen LogP) is 0.824. The van der Waals surface area contributed by atoms with Gasteiger partial charge in [0.05, 0.1) is 24.3 Å². The second kappa shape index (κ2) is 6.47. The fourth-order valence-electron chi connectivity index (χ4n) is 1.27. The molecular weight excluding hydrogens is 258 g/mol. The van der Waals surface area contributed by atoms with E-state index in [1.54, 1.807) is 0 Å². The lowest BCUT2D eigenvalue weighted by atomic mass is 10.1. The van der Waals surface area contributed by atoms with Crippen molar-refractivity contribution < 1.29 is 23.5 Å². The molecular formula is C12H10F2N2O3. The molecule has 7 heteroatoms. The van der Waals surface area contributed by atoms with E-state index in [0.717, 1.165) is 0 Å². The Kier molecular flexibility index (Phi) is 4.97. The number of anilines is 1. The summed E-state index contributed by atoms with van der Waals surface area (Å²) in [4.78, 5) is 22.3. The second-order valence-corrected chi connectivity index (χ2v) is 3.47. The number of aromatic carboxylic acids is 1. The van der Waals surface area contributed by atoms with Gasteiger partial charge in [-0.2, -0.15) is 0 Å². The lowest BCUT2D eigenvalue weighted by Gasteiger charge is -2.09. The summed E-state index contributed by atoms with van der Waals surface area (Å²) >= 11 is 0. The molecule has 5 nitrogen and oxygen atoms in total. The second-order valence-electron chi connectivity index (χ2n) is 3.47. The predicted molar refractivity (Wildman–Crippen MR) is 63.6 cm³/mol. The number of rotatable bonds is 5. The molecule has 1 amide bonds. The molecule has 0 unspecified atom stereocenters. The largest absolute Gasteiger partial charge is 0.478 e. The van der Waals surface area contributed by atoms with Gasteiger partial charge in [-0.05, 0) is 6.07 Å². The molecule has 0 aliphatic rings. The smallest absolute Gasteiger partial charge is 0.337 e. The van der Waals surface area contributed by atoms with E-state index in [4.69, 9.17) is 11.5 Å². The standard InChI is InChI=1S/C12H10F2N2O3/c1-2-3-15-6-11(17)16-10-5-9(14)8(13)4-7(10)12(18)19/h1,4-5,15H,3,6H2,(H,16,17)(H,18,19). The molecule has 0 atom stereocenters. The monoisotopic (exact) mass is 268 g/mol. The van der Waals surface area contributed by atoms with Crippen LogP contribution in [0.4, 0.5) is 14.5 Å². The SMILES string of the molecule is C#CCNCC(=O)Nc1cc(F)c(F)cc1C(=O)O. The minimum absolute atomic E-state index is 0.150. The van der Waals surface area contributed by atoms with Gasteiger partial charge in [-0.3, -0.25) is 10.1 Å². The van der Waals surface area contributed by atoms with Crippen molar-refractivity contribution in [1.82, 2.24) is 5.32 Å². The highest BCUT2D eigenvalue weighted by molar-refractivity contribution is 6.01. The highest BCUT2D eigenvalue weighted by atomic mass is 19.2. The zero-order chi connectivity index (χ0) is 14.4. The topological polar surface area (TPSA) is 78.4 Å². The maximum absolute atomic E-state index is 13.0. The van der Waals surface area contributed by atoms with Gasteiger partial charge in [0.2, 0.25) is 5.91 Å². The molecule has 3 N–H and O–H groups in total. The quantitative estimate of drug-likeness (QED) is 0.546. The third-order valence-corrected chi connectivity index (χ3v) is 2.08. The van der Waals surface area contributed by atoms with Crippen molar-refractivity contribution in [2.24, 2.45) is 0 Å². The van der Waals surface area contributed by atoms with E-state index in [-0.39, 0.29) is 18.8 Å². The number of terminal acetylenes is 1. The summed E-state index contributed by atoms with van der Waals surface area (Å²) in [5.41, 5.74) is -0.858. The van der Waals surface area contributed by atoms with Crippen molar-refractivity contribution in [3.63, 3.8) is 0 Å². The Bertz CT molecular complexity index is 553. The van der Waals surface area contributed by atoms with Crippen LogP contribution in [-0.2, 0) is 4.79 Å². The van der Waals surface area contributed by atoms with E-state index >= 15 is 0 Å². The first-order chi connectivity index (χ1) is 8.95. The summed E-state index contributed by atoms with van der Waals surface area (Å²) in [7, 11) is 0. The number of carboxylic acid groups (broad SMARTS) is 1. The van der Waals surface area contributed by atoms with Crippen molar-refractivity contribution in [2.75, 3.05) is 18.4 Å². The Labute approximate surface area is 107 Å². The molecule has 0 radical (unpaired) electrons. The zero-order valence-electron chi connectivity index (χ0n) is 9.67. The van der Waals surface area contributed by atoms with E-state index < -0.39 is 29.1 Å². The number of amides is 1. The molecule has 0 bridgehead atoms. The third-order valence-electron chi connectivity index (χ3n) is 2.08. The zero-order valence-corrected chi connectivity index (χ0v) is 9.67. The summed E-state index contributed by atoms with van der Waals surface area (Å²) in [6.45, 7) is -0.0285. The van der Waals surface area contributed by atoms with Crippen LogP contribution in [0.3, 0.4) is 0 Å². The van der Waals surface area contributed by atoms with E-state index in [1.165, 1.54) is 0 Å². The minimum Gasteiger partial charge on any atom is -0.478 e. The molecule has 0 saturated carbocycles. The van der Waals surface area contributed by atoms with Gasteiger partial charge in [-0.25, -0.2) is 13.6 Å². The molecule has 1 aromatic rings. The average Bonchev–Trinajstić information content (AvgIpc) is 2.33. The number of carbonyl (C=O) groups excluding carboxylic acids is 1. The molecule has 1 aromatic carbocycles. The summed E-state index contributed by atoms with van der Waals surface area (Å²) in [6, 6.07) is 1.11. The number of hydrogen-bond donors (Lipinski definition) is 3. The third kappa shape index (κ3) is 4.04. The van der Waals surface area contributed by atoms with Gasteiger partial charge in [-0.15, -0.1) is 6.42 Å². The van der Waals surface area contributed by atoms with Crippen molar-refractivity contribution in [2.45, 2.75) is 0 Å². The molecule has 1 rings (SSSR count). The van der Waals surface area contributed by atoms with Crippen LogP contribution in [-0.4, -0.2) is 30.1 Å². The van der Waals surface area contributed by atoms with Gasteiger partial charge >= 0.3 is 5.97 Å². The number of carbonyl (C=O) groups is 2. The molecule has 100 valence electrons. The number of hydrogen-bond acceptors (Lipinski definition) is 3. The van der Waals surface area contributed by atoms with Gasteiger partial charge in [-0.1, -0.05) is 5.92 Å². The lowest BCUT2D eigenvalue weighted by molar-refractivity contribution is -0.115. The highest BCUT2D eigenvalue weighted by Crippen LogP contribution is 2.20. The Hall–Kier alpha value is -2.46. The molecule has 0 aliphatic carbocycles. The fraction of sp³-hybridized carbons (Fsp3) is 0.167. The van der Waals surface area contributed by atoms with E-state index in [1.807, 2.05) is 0 Å². The summed E-state index contributed by atoms with van der Waals surface area (Å²) in [6.07, 6.45) is 4.95. The number of benzene rings is 1. The van der Waals surface area contributed by atoms with Crippen LogP contribution in [0, 0.1) is 24.0 Å². The Morgan fingerprint density at radius 1 is 1.32 bits per heavy atom. The minimum atomic E-state index is -1.48. The van der Waals surface area contributed by atoms with Gasteiger partial charge in [0.15, 0.2) is 11.6 Å². The van der Waals surface area contributed by atoms with Gasteiger partial charge < -0.3 is 10.4 Å². The Morgan fingerprint density at radius 2 is 1.95 bits per heavy atom. The van der Waals surface area contributed by atoms with E-state index in [2.05, 4.69) is 16.6 Å². The summed E-state index contributed by atoms with van der Waals surface area (Å²) < 4.78 is 25.9. The number of carboxylic acids is 1. The van der Waals surface area contributed by atoms with Gasteiger partial charge in [0.25, 0.3) is 0 Å². The molecule has 19 heavy (non-hydrogen) atoms. The van der Waals surface area contributed by atoms with Crippen LogP contribution in [0.15, 0.2) is 12.1 Å². The van der Waals surface area contributed by atoms with Gasteiger partial charge in [0.1, 0.15) is 0 Å². The normalized spacial score (nSPS) is 9.74. The maximum atomic E-state index is 13.0. The lowest BCUT2D eigenvalue weighted by Crippen LogP contribution is -2.29. The first-order valence-electron chi connectivity index (χ1n) is 5.12. The molecule has 0 spiro atoms. The van der Waals surface area contributed by atoms with Crippen molar-refractivity contribution in [3.05, 3.63) is 29.3 Å². The molecule has 0 fully saturated rings. The Balaban J connectivity index is 2.88. The van der Waals surface area contributed by atoms with E-state index in [9.17, 15) is 18.4 Å². The number of halogens is 2. The molecule has 0 saturated heterocycles.